The lowest BCUT2D eigenvalue weighted by Gasteiger charge is -2.18. The number of benzene rings is 2. The SMILES string of the molecule is C=CCN=c1scc(-c2ccc3c(c2)NC(=O)CO3)n1N=Cc1ccc(O)c(O)c1. The molecule has 4 rings (SSSR count). The number of fused-ring (bicyclic) bond motifs is 1. The fourth-order valence-electron chi connectivity index (χ4n) is 2.85. The number of hydrogen-bond donors (Lipinski definition) is 3. The molecule has 0 atom stereocenters. The number of thiazole rings is 1. The summed E-state index contributed by atoms with van der Waals surface area (Å²) in [6, 6.07) is 9.95. The van der Waals surface area contributed by atoms with Crippen LogP contribution in [0.2, 0.25) is 0 Å². The molecule has 152 valence electrons. The largest absolute Gasteiger partial charge is 0.504 e. The number of carbonyl (C=O) groups is 1. The van der Waals surface area contributed by atoms with Crippen molar-refractivity contribution in [1.82, 2.24) is 4.68 Å². The normalized spacial score (nSPS) is 13.7. The molecular formula is C21H18N4O4S. The van der Waals surface area contributed by atoms with Crippen LogP contribution in [0.5, 0.6) is 17.2 Å². The topological polar surface area (TPSA) is 108 Å². The van der Waals surface area contributed by atoms with Crippen LogP contribution < -0.4 is 14.9 Å². The van der Waals surface area contributed by atoms with Gasteiger partial charge in [-0.2, -0.15) is 5.10 Å². The van der Waals surface area contributed by atoms with Crippen LogP contribution in [0.25, 0.3) is 11.3 Å². The Balaban J connectivity index is 1.77. The summed E-state index contributed by atoms with van der Waals surface area (Å²) in [4.78, 5) is 16.8. The fourth-order valence-corrected chi connectivity index (χ4v) is 3.70. The summed E-state index contributed by atoms with van der Waals surface area (Å²) in [7, 11) is 0. The minimum absolute atomic E-state index is 0.000846. The number of rotatable bonds is 5. The van der Waals surface area contributed by atoms with Crippen LogP contribution in [0.15, 0.2) is 64.5 Å². The molecule has 0 saturated carbocycles. The maximum absolute atomic E-state index is 11.6. The van der Waals surface area contributed by atoms with E-state index in [1.165, 1.54) is 23.5 Å². The molecular weight excluding hydrogens is 404 g/mol. The first-order valence-electron chi connectivity index (χ1n) is 9.00. The summed E-state index contributed by atoms with van der Waals surface area (Å²) in [6.07, 6.45) is 3.25. The van der Waals surface area contributed by atoms with Crippen molar-refractivity contribution in [2.75, 3.05) is 18.5 Å². The summed E-state index contributed by atoms with van der Waals surface area (Å²) in [5.41, 5.74) is 2.79. The predicted molar refractivity (Wildman–Crippen MR) is 115 cm³/mol. The summed E-state index contributed by atoms with van der Waals surface area (Å²) < 4.78 is 7.09. The summed E-state index contributed by atoms with van der Waals surface area (Å²) in [5, 5.41) is 28.4. The van der Waals surface area contributed by atoms with Gasteiger partial charge in [0.05, 0.1) is 24.1 Å². The van der Waals surface area contributed by atoms with Gasteiger partial charge in [0, 0.05) is 10.9 Å². The molecule has 0 spiro atoms. The van der Waals surface area contributed by atoms with Gasteiger partial charge in [0.15, 0.2) is 18.1 Å². The van der Waals surface area contributed by atoms with Crippen LogP contribution in [-0.4, -0.2) is 40.2 Å². The van der Waals surface area contributed by atoms with E-state index in [9.17, 15) is 15.0 Å². The van der Waals surface area contributed by atoms with E-state index in [2.05, 4.69) is 22.0 Å². The van der Waals surface area contributed by atoms with E-state index in [1.807, 2.05) is 17.5 Å². The Labute approximate surface area is 175 Å². The lowest BCUT2D eigenvalue weighted by atomic mass is 10.1. The average molecular weight is 422 g/mol. The van der Waals surface area contributed by atoms with E-state index >= 15 is 0 Å². The molecule has 30 heavy (non-hydrogen) atoms. The molecule has 1 amide bonds. The molecule has 0 aliphatic carbocycles. The predicted octanol–water partition coefficient (Wildman–Crippen LogP) is 2.93. The Morgan fingerprint density at radius 2 is 2.10 bits per heavy atom. The maximum Gasteiger partial charge on any atom is 0.262 e. The standard InChI is InChI=1S/C21H18N4O4S/c1-2-7-22-21-25(23-10-13-3-5-17(26)18(27)8-13)16(12-30-21)14-4-6-19-15(9-14)24-20(28)11-29-19/h2-6,8-10,12,26-27H,1,7,11H2,(H,24,28). The van der Waals surface area contributed by atoms with Gasteiger partial charge in [-0.3, -0.25) is 9.79 Å². The molecule has 1 aliphatic heterocycles. The van der Waals surface area contributed by atoms with Crippen molar-refractivity contribution in [1.29, 1.82) is 0 Å². The second kappa shape index (κ2) is 8.26. The molecule has 2 heterocycles. The Bertz CT molecular complexity index is 1230. The number of anilines is 1. The second-order valence-corrected chi connectivity index (χ2v) is 7.22. The maximum atomic E-state index is 11.6. The fraction of sp³-hybridized carbons (Fsp3) is 0.0952. The van der Waals surface area contributed by atoms with Gasteiger partial charge in [-0.15, -0.1) is 17.9 Å². The van der Waals surface area contributed by atoms with Crippen LogP contribution in [0, 0.1) is 0 Å². The zero-order valence-electron chi connectivity index (χ0n) is 15.8. The van der Waals surface area contributed by atoms with E-state index in [4.69, 9.17) is 4.74 Å². The van der Waals surface area contributed by atoms with Gasteiger partial charge in [-0.25, -0.2) is 4.68 Å². The highest BCUT2D eigenvalue weighted by Gasteiger charge is 2.17. The summed E-state index contributed by atoms with van der Waals surface area (Å²) >= 11 is 1.42. The van der Waals surface area contributed by atoms with Crippen LogP contribution >= 0.6 is 11.3 Å². The highest BCUT2D eigenvalue weighted by atomic mass is 32.1. The Hall–Kier alpha value is -3.85. The number of hydrogen-bond acceptors (Lipinski definition) is 7. The first-order chi connectivity index (χ1) is 14.5. The van der Waals surface area contributed by atoms with Crippen molar-refractivity contribution < 1.29 is 19.7 Å². The number of amides is 1. The molecule has 3 aromatic rings. The molecule has 1 aromatic heterocycles. The first kappa shape index (κ1) is 19.5. The van der Waals surface area contributed by atoms with E-state index in [-0.39, 0.29) is 24.0 Å². The highest BCUT2D eigenvalue weighted by molar-refractivity contribution is 7.07. The molecule has 9 heteroatoms. The molecule has 0 radical (unpaired) electrons. The van der Waals surface area contributed by atoms with E-state index in [1.54, 1.807) is 29.1 Å². The number of phenols is 2. The van der Waals surface area contributed by atoms with Gasteiger partial charge in [0.2, 0.25) is 4.80 Å². The molecule has 0 bridgehead atoms. The van der Waals surface area contributed by atoms with E-state index in [0.717, 1.165) is 11.3 Å². The molecule has 0 fully saturated rings. The van der Waals surface area contributed by atoms with Gasteiger partial charge in [0.25, 0.3) is 5.91 Å². The van der Waals surface area contributed by atoms with Crippen molar-refractivity contribution in [3.8, 4) is 28.5 Å². The van der Waals surface area contributed by atoms with E-state index < -0.39 is 0 Å². The Morgan fingerprint density at radius 1 is 1.23 bits per heavy atom. The number of ether oxygens (including phenoxy) is 1. The first-order valence-corrected chi connectivity index (χ1v) is 9.88. The Morgan fingerprint density at radius 3 is 2.90 bits per heavy atom. The molecule has 3 N–H and O–H groups in total. The number of carbonyl (C=O) groups excluding carboxylic acids is 1. The smallest absolute Gasteiger partial charge is 0.262 e. The lowest BCUT2D eigenvalue weighted by molar-refractivity contribution is -0.118. The third-order valence-corrected chi connectivity index (χ3v) is 5.12. The number of nitrogens with zero attached hydrogens (tertiary/aromatic N) is 3. The van der Waals surface area contributed by atoms with Crippen molar-refractivity contribution in [2.45, 2.75) is 0 Å². The van der Waals surface area contributed by atoms with Crippen molar-refractivity contribution in [3.63, 3.8) is 0 Å². The van der Waals surface area contributed by atoms with Gasteiger partial charge in [-0.1, -0.05) is 6.08 Å². The highest BCUT2D eigenvalue weighted by Crippen LogP contribution is 2.33. The minimum atomic E-state index is -0.225. The average Bonchev–Trinajstić information content (AvgIpc) is 3.15. The minimum Gasteiger partial charge on any atom is -0.504 e. The van der Waals surface area contributed by atoms with Crippen LogP contribution in [0.1, 0.15) is 5.56 Å². The number of phenolic OH excluding ortho intramolecular Hbond substituents is 2. The van der Waals surface area contributed by atoms with E-state index in [0.29, 0.717) is 28.3 Å². The summed E-state index contributed by atoms with van der Waals surface area (Å²) in [5.74, 6) is -0.0167. The third-order valence-electron chi connectivity index (χ3n) is 4.27. The monoisotopic (exact) mass is 422 g/mol. The van der Waals surface area contributed by atoms with Crippen LogP contribution in [-0.2, 0) is 4.79 Å². The zero-order valence-corrected chi connectivity index (χ0v) is 16.6. The molecule has 2 aromatic carbocycles. The number of aromatic hydroxyl groups is 2. The van der Waals surface area contributed by atoms with Gasteiger partial charge >= 0.3 is 0 Å². The third kappa shape index (κ3) is 3.96. The lowest BCUT2D eigenvalue weighted by Crippen LogP contribution is -2.25. The zero-order chi connectivity index (χ0) is 21.1. The second-order valence-electron chi connectivity index (χ2n) is 6.39. The van der Waals surface area contributed by atoms with Crippen molar-refractivity contribution in [2.24, 2.45) is 10.1 Å². The Kier molecular flexibility index (Phi) is 5.36. The quantitative estimate of drug-likeness (QED) is 0.334. The van der Waals surface area contributed by atoms with Crippen molar-refractivity contribution in [3.05, 3.63) is 64.8 Å². The molecule has 0 unspecified atom stereocenters. The van der Waals surface area contributed by atoms with Crippen LogP contribution in [0.3, 0.4) is 0 Å². The van der Waals surface area contributed by atoms with Crippen molar-refractivity contribution >= 4 is 29.1 Å². The molecule has 8 nitrogen and oxygen atoms in total. The molecule has 0 saturated heterocycles. The van der Waals surface area contributed by atoms with Gasteiger partial charge in [-0.05, 0) is 42.0 Å². The van der Waals surface area contributed by atoms with Gasteiger partial charge < -0.3 is 20.3 Å². The number of aromatic nitrogens is 1. The summed E-state index contributed by atoms with van der Waals surface area (Å²) in [6.45, 7) is 4.13. The number of nitrogens with one attached hydrogen (secondary N) is 1. The van der Waals surface area contributed by atoms with Gasteiger partial charge in [0.1, 0.15) is 5.75 Å². The molecule has 1 aliphatic rings. The van der Waals surface area contributed by atoms with Crippen LogP contribution in [0.4, 0.5) is 5.69 Å².